The first-order valence-corrected chi connectivity index (χ1v) is 11.2. The van der Waals surface area contributed by atoms with Crippen LogP contribution in [0.4, 0.5) is 0 Å². The molecular weight excluding hydrogens is 271 g/mol. The van der Waals surface area contributed by atoms with Gasteiger partial charge in [-0.15, -0.1) is 23.2 Å². The van der Waals surface area contributed by atoms with Gasteiger partial charge >= 0.3 is 0 Å². The van der Waals surface area contributed by atoms with Crippen LogP contribution >= 0.6 is 23.2 Å². The molecular formula is C13H24Cl2OSi. The van der Waals surface area contributed by atoms with Crippen LogP contribution in [0.25, 0.3) is 0 Å². The van der Waals surface area contributed by atoms with Gasteiger partial charge in [-0.25, -0.2) is 0 Å². The van der Waals surface area contributed by atoms with Crippen molar-refractivity contribution in [2.75, 3.05) is 0 Å². The predicted octanol–water partition coefficient (Wildman–Crippen LogP) is 4.44. The van der Waals surface area contributed by atoms with Crippen LogP contribution in [-0.4, -0.2) is 23.6 Å². The SMILES string of the molecule is C[Si](C)(C)[C@H]1C[C@@H]2CCCC[C@]2(O)[C@@H]1C(Cl)Cl. The molecule has 0 aliphatic heterocycles. The molecule has 0 unspecified atom stereocenters. The maximum absolute atomic E-state index is 11.0. The highest BCUT2D eigenvalue weighted by Gasteiger charge is 2.59. The van der Waals surface area contributed by atoms with Crippen molar-refractivity contribution in [2.45, 2.75) is 67.7 Å². The molecule has 0 amide bonds. The number of hydrogen-bond donors (Lipinski definition) is 1. The highest BCUT2D eigenvalue weighted by Crippen LogP contribution is 2.59. The van der Waals surface area contributed by atoms with E-state index >= 15 is 0 Å². The summed E-state index contributed by atoms with van der Waals surface area (Å²) < 4.78 is 0. The summed E-state index contributed by atoms with van der Waals surface area (Å²) in [5.41, 5.74) is -0.00669. The molecule has 0 bridgehead atoms. The van der Waals surface area contributed by atoms with E-state index in [0.29, 0.717) is 11.5 Å². The van der Waals surface area contributed by atoms with Gasteiger partial charge in [0.15, 0.2) is 0 Å². The summed E-state index contributed by atoms with van der Waals surface area (Å²) in [6.07, 6.45) is 5.59. The summed E-state index contributed by atoms with van der Waals surface area (Å²) in [4.78, 5) is -0.417. The number of fused-ring (bicyclic) bond motifs is 1. The van der Waals surface area contributed by atoms with E-state index in [1.54, 1.807) is 0 Å². The van der Waals surface area contributed by atoms with Gasteiger partial charge in [-0.3, -0.25) is 0 Å². The first-order chi connectivity index (χ1) is 7.77. The summed E-state index contributed by atoms with van der Waals surface area (Å²) in [5, 5.41) is 11.0. The van der Waals surface area contributed by atoms with E-state index in [9.17, 15) is 5.11 Å². The summed E-state index contributed by atoms with van der Waals surface area (Å²) in [6, 6.07) is 0. The molecule has 0 saturated heterocycles. The highest BCUT2D eigenvalue weighted by atomic mass is 35.5. The van der Waals surface area contributed by atoms with Gasteiger partial charge in [0.2, 0.25) is 0 Å². The fraction of sp³-hybridized carbons (Fsp3) is 1.00. The van der Waals surface area contributed by atoms with Crippen molar-refractivity contribution in [3.8, 4) is 0 Å². The third-order valence-electron chi connectivity index (χ3n) is 5.02. The Bertz CT molecular complexity index is 290. The van der Waals surface area contributed by atoms with Crippen molar-refractivity contribution in [3.63, 3.8) is 0 Å². The normalized spacial score (nSPS) is 42.9. The van der Waals surface area contributed by atoms with Crippen LogP contribution in [0.15, 0.2) is 0 Å². The molecule has 2 fully saturated rings. The Labute approximate surface area is 116 Å². The van der Waals surface area contributed by atoms with Gasteiger partial charge in [-0.05, 0) is 30.7 Å². The molecule has 0 aromatic carbocycles. The molecule has 0 radical (unpaired) electrons. The minimum absolute atomic E-state index is 0.0998. The average molecular weight is 295 g/mol. The van der Waals surface area contributed by atoms with Crippen molar-refractivity contribution in [1.29, 1.82) is 0 Å². The first kappa shape index (κ1) is 14.2. The van der Waals surface area contributed by atoms with Gasteiger partial charge in [-0.1, -0.05) is 32.5 Å². The number of aliphatic hydroxyl groups is 1. The molecule has 2 aliphatic rings. The number of alkyl halides is 2. The van der Waals surface area contributed by atoms with Crippen molar-refractivity contribution < 1.29 is 5.11 Å². The molecule has 100 valence electrons. The average Bonchev–Trinajstić information content (AvgIpc) is 2.49. The van der Waals surface area contributed by atoms with Gasteiger partial charge in [0.05, 0.1) is 5.60 Å². The standard InChI is InChI=1S/C13H24Cl2OSi/c1-17(2,3)10-8-9-6-4-5-7-13(9,16)11(10)12(14)15/h9-12,16H,4-8H2,1-3H3/t9-,10-,11-,13+/m0/s1. The van der Waals surface area contributed by atoms with E-state index in [4.69, 9.17) is 23.2 Å². The van der Waals surface area contributed by atoms with Gasteiger partial charge in [-0.2, -0.15) is 0 Å². The third kappa shape index (κ3) is 2.43. The molecule has 0 aromatic rings. The lowest BCUT2D eigenvalue weighted by atomic mass is 9.74. The summed E-state index contributed by atoms with van der Waals surface area (Å²) >= 11 is 12.4. The molecule has 17 heavy (non-hydrogen) atoms. The van der Waals surface area contributed by atoms with Crippen LogP contribution < -0.4 is 0 Å². The predicted molar refractivity (Wildman–Crippen MR) is 77.6 cm³/mol. The lowest BCUT2D eigenvalue weighted by Crippen LogP contribution is -2.47. The fourth-order valence-corrected chi connectivity index (χ4v) is 7.68. The fourth-order valence-electron chi connectivity index (χ4n) is 4.10. The van der Waals surface area contributed by atoms with Gasteiger partial charge in [0, 0.05) is 14.0 Å². The topological polar surface area (TPSA) is 20.2 Å². The van der Waals surface area contributed by atoms with Crippen LogP contribution in [0.3, 0.4) is 0 Å². The monoisotopic (exact) mass is 294 g/mol. The zero-order valence-electron chi connectivity index (χ0n) is 11.0. The van der Waals surface area contributed by atoms with Crippen LogP contribution in [-0.2, 0) is 0 Å². The van der Waals surface area contributed by atoms with Crippen LogP contribution in [0.1, 0.15) is 32.1 Å². The Balaban J connectivity index is 2.32. The maximum atomic E-state index is 11.0. The molecule has 0 heterocycles. The molecule has 4 atom stereocenters. The Morgan fingerprint density at radius 3 is 2.41 bits per heavy atom. The van der Waals surface area contributed by atoms with Crippen molar-refractivity contribution in [3.05, 3.63) is 0 Å². The molecule has 4 heteroatoms. The Kier molecular flexibility index (Phi) is 3.92. The molecule has 1 N–H and O–H groups in total. The number of hydrogen-bond acceptors (Lipinski definition) is 1. The van der Waals surface area contributed by atoms with E-state index in [0.717, 1.165) is 25.7 Å². The number of halogens is 2. The Hall–Kier alpha value is 0.757. The summed E-state index contributed by atoms with van der Waals surface area (Å²) in [5.74, 6) is 0.542. The quantitative estimate of drug-likeness (QED) is 0.590. The maximum Gasteiger partial charge on any atom is 0.113 e. The van der Waals surface area contributed by atoms with Gasteiger partial charge in [0.25, 0.3) is 0 Å². The Morgan fingerprint density at radius 2 is 1.88 bits per heavy atom. The van der Waals surface area contributed by atoms with Crippen LogP contribution in [0.2, 0.25) is 25.2 Å². The molecule has 0 spiro atoms. The van der Waals surface area contributed by atoms with E-state index in [-0.39, 0.29) is 5.92 Å². The van der Waals surface area contributed by atoms with Crippen LogP contribution in [0, 0.1) is 11.8 Å². The Morgan fingerprint density at radius 1 is 1.24 bits per heavy atom. The van der Waals surface area contributed by atoms with Crippen molar-refractivity contribution in [1.82, 2.24) is 0 Å². The molecule has 2 aliphatic carbocycles. The van der Waals surface area contributed by atoms with Crippen LogP contribution in [0.5, 0.6) is 0 Å². The second-order valence-electron chi connectivity index (χ2n) is 7.00. The second-order valence-corrected chi connectivity index (χ2v) is 13.6. The lowest BCUT2D eigenvalue weighted by Gasteiger charge is -2.41. The molecule has 0 aromatic heterocycles. The third-order valence-corrected chi connectivity index (χ3v) is 8.38. The molecule has 2 rings (SSSR count). The zero-order chi connectivity index (χ0) is 12.8. The van der Waals surface area contributed by atoms with E-state index in [2.05, 4.69) is 19.6 Å². The van der Waals surface area contributed by atoms with E-state index in [1.165, 1.54) is 6.42 Å². The highest BCUT2D eigenvalue weighted by molar-refractivity contribution is 6.77. The summed E-state index contributed by atoms with van der Waals surface area (Å²) in [6.45, 7) is 7.13. The van der Waals surface area contributed by atoms with Gasteiger partial charge in [0.1, 0.15) is 4.84 Å². The summed E-state index contributed by atoms with van der Waals surface area (Å²) in [7, 11) is -1.31. The lowest BCUT2D eigenvalue weighted by molar-refractivity contribution is -0.0587. The van der Waals surface area contributed by atoms with E-state index in [1.807, 2.05) is 0 Å². The smallest absolute Gasteiger partial charge is 0.113 e. The minimum atomic E-state index is -1.31. The van der Waals surface area contributed by atoms with Gasteiger partial charge < -0.3 is 5.11 Å². The molecule has 1 nitrogen and oxygen atoms in total. The van der Waals surface area contributed by atoms with Crippen molar-refractivity contribution >= 4 is 31.3 Å². The zero-order valence-corrected chi connectivity index (χ0v) is 13.6. The van der Waals surface area contributed by atoms with Crippen molar-refractivity contribution in [2.24, 2.45) is 11.8 Å². The number of rotatable bonds is 2. The second kappa shape index (κ2) is 4.70. The van der Waals surface area contributed by atoms with E-state index < -0.39 is 18.5 Å². The molecule has 2 saturated carbocycles. The first-order valence-electron chi connectivity index (χ1n) is 6.77. The largest absolute Gasteiger partial charge is 0.389 e. The minimum Gasteiger partial charge on any atom is -0.389 e.